The molecule has 2 aromatic carbocycles. The van der Waals surface area contributed by atoms with Gasteiger partial charge in [-0.25, -0.2) is 17.2 Å². The molecule has 3 rings (SSSR count). The minimum absolute atomic E-state index is 0.0451. The maximum absolute atomic E-state index is 13.7. The maximum Gasteiger partial charge on any atom is 0.232 e. The number of halogens is 2. The standard InChI is InChI=1S/C18H18F2N2O3S/c1-26(24,25)22(14-7-8-14)17-9-6-13(19)11-16(17)21-18(23)10-12-4-2-3-5-15(12)20/h2-6,9,11,14H,7-8,10H2,1H3,(H,21,23). The summed E-state index contributed by atoms with van der Waals surface area (Å²) in [7, 11) is -3.59. The number of sulfonamides is 1. The van der Waals surface area contributed by atoms with Crippen LogP contribution in [0.3, 0.4) is 0 Å². The highest BCUT2D eigenvalue weighted by Crippen LogP contribution is 2.38. The third kappa shape index (κ3) is 4.19. The van der Waals surface area contributed by atoms with Crippen LogP contribution in [0.2, 0.25) is 0 Å². The zero-order chi connectivity index (χ0) is 18.9. The summed E-state index contributed by atoms with van der Waals surface area (Å²) in [4.78, 5) is 12.3. The van der Waals surface area contributed by atoms with Crippen molar-refractivity contribution in [2.75, 3.05) is 15.9 Å². The van der Waals surface area contributed by atoms with E-state index < -0.39 is 27.6 Å². The summed E-state index contributed by atoms with van der Waals surface area (Å²) in [6.45, 7) is 0. The molecule has 1 saturated carbocycles. The number of hydrogen-bond donors (Lipinski definition) is 1. The predicted molar refractivity (Wildman–Crippen MR) is 95.5 cm³/mol. The molecule has 1 aliphatic rings. The van der Waals surface area contributed by atoms with Gasteiger partial charge in [-0.3, -0.25) is 9.10 Å². The number of amides is 1. The van der Waals surface area contributed by atoms with E-state index in [-0.39, 0.29) is 29.4 Å². The van der Waals surface area contributed by atoms with Gasteiger partial charge in [-0.1, -0.05) is 18.2 Å². The molecule has 0 bridgehead atoms. The maximum atomic E-state index is 13.7. The van der Waals surface area contributed by atoms with Gasteiger partial charge in [0.05, 0.1) is 24.1 Å². The molecule has 5 nitrogen and oxygen atoms in total. The van der Waals surface area contributed by atoms with Crippen LogP contribution in [0.5, 0.6) is 0 Å². The van der Waals surface area contributed by atoms with Gasteiger partial charge in [-0.15, -0.1) is 0 Å². The highest BCUT2D eigenvalue weighted by atomic mass is 32.2. The van der Waals surface area contributed by atoms with Crippen LogP contribution >= 0.6 is 0 Å². The molecular formula is C18H18F2N2O3S. The normalized spacial score (nSPS) is 14.1. The lowest BCUT2D eigenvalue weighted by molar-refractivity contribution is -0.115. The molecule has 0 atom stereocenters. The molecule has 0 aliphatic heterocycles. The molecule has 26 heavy (non-hydrogen) atoms. The predicted octanol–water partition coefficient (Wildman–Crippen LogP) is 3.07. The Labute approximate surface area is 150 Å². The Kier molecular flexibility index (Phi) is 4.95. The number of rotatable bonds is 6. The van der Waals surface area contributed by atoms with Gasteiger partial charge in [0.25, 0.3) is 0 Å². The van der Waals surface area contributed by atoms with Crippen molar-refractivity contribution in [3.8, 4) is 0 Å². The second-order valence-electron chi connectivity index (χ2n) is 6.27. The molecule has 138 valence electrons. The van der Waals surface area contributed by atoms with E-state index in [9.17, 15) is 22.0 Å². The molecule has 1 fully saturated rings. The molecule has 8 heteroatoms. The third-order valence-corrected chi connectivity index (χ3v) is 5.22. The monoisotopic (exact) mass is 380 g/mol. The summed E-state index contributed by atoms with van der Waals surface area (Å²) < 4.78 is 52.9. The number of anilines is 2. The molecule has 0 radical (unpaired) electrons. The van der Waals surface area contributed by atoms with Gasteiger partial charge in [0.2, 0.25) is 15.9 Å². The second-order valence-corrected chi connectivity index (χ2v) is 8.13. The molecular weight excluding hydrogens is 362 g/mol. The van der Waals surface area contributed by atoms with Crippen molar-refractivity contribution in [2.24, 2.45) is 0 Å². The molecule has 0 unspecified atom stereocenters. The minimum atomic E-state index is -3.59. The van der Waals surface area contributed by atoms with E-state index in [1.54, 1.807) is 6.07 Å². The lowest BCUT2D eigenvalue weighted by atomic mass is 10.1. The molecule has 1 N–H and O–H groups in total. The molecule has 0 saturated heterocycles. The van der Waals surface area contributed by atoms with Gasteiger partial charge in [0.1, 0.15) is 11.6 Å². The van der Waals surface area contributed by atoms with Crippen LogP contribution < -0.4 is 9.62 Å². The van der Waals surface area contributed by atoms with Crippen molar-refractivity contribution in [3.05, 3.63) is 59.7 Å². The van der Waals surface area contributed by atoms with E-state index in [0.717, 1.165) is 18.4 Å². The quantitative estimate of drug-likeness (QED) is 0.838. The molecule has 0 heterocycles. The number of hydrogen-bond acceptors (Lipinski definition) is 3. The fraction of sp³-hybridized carbons (Fsp3) is 0.278. The Morgan fingerprint density at radius 3 is 2.50 bits per heavy atom. The van der Waals surface area contributed by atoms with Crippen LogP contribution in [-0.4, -0.2) is 26.6 Å². The van der Waals surface area contributed by atoms with E-state index in [0.29, 0.717) is 12.8 Å². The van der Waals surface area contributed by atoms with E-state index in [2.05, 4.69) is 5.32 Å². The Morgan fingerprint density at radius 2 is 1.88 bits per heavy atom. The van der Waals surface area contributed by atoms with E-state index in [4.69, 9.17) is 0 Å². The minimum Gasteiger partial charge on any atom is -0.324 e. The molecule has 2 aromatic rings. The van der Waals surface area contributed by atoms with Crippen molar-refractivity contribution < 1.29 is 22.0 Å². The van der Waals surface area contributed by atoms with Gasteiger partial charge in [0.15, 0.2) is 0 Å². The van der Waals surface area contributed by atoms with E-state index in [1.165, 1.54) is 28.6 Å². The number of benzene rings is 2. The van der Waals surface area contributed by atoms with Crippen LogP contribution in [0.1, 0.15) is 18.4 Å². The van der Waals surface area contributed by atoms with Crippen molar-refractivity contribution in [1.29, 1.82) is 0 Å². The highest BCUT2D eigenvalue weighted by molar-refractivity contribution is 7.92. The average Bonchev–Trinajstić information content (AvgIpc) is 3.35. The first-order valence-electron chi connectivity index (χ1n) is 8.08. The topological polar surface area (TPSA) is 66.5 Å². The molecule has 1 amide bonds. The smallest absolute Gasteiger partial charge is 0.232 e. The summed E-state index contributed by atoms with van der Waals surface area (Å²) in [5.41, 5.74) is 0.451. The molecule has 1 aliphatic carbocycles. The van der Waals surface area contributed by atoms with Crippen molar-refractivity contribution in [3.63, 3.8) is 0 Å². The summed E-state index contributed by atoms with van der Waals surface area (Å²) in [6, 6.07) is 9.19. The van der Waals surface area contributed by atoms with Crippen molar-refractivity contribution >= 4 is 27.3 Å². The summed E-state index contributed by atoms with van der Waals surface area (Å²) in [6.07, 6.45) is 2.23. The number of nitrogens with zero attached hydrogens (tertiary/aromatic N) is 1. The number of carbonyl (C=O) groups excluding carboxylic acids is 1. The number of nitrogens with one attached hydrogen (secondary N) is 1. The Hall–Kier alpha value is -2.48. The first-order chi connectivity index (χ1) is 12.3. The van der Waals surface area contributed by atoms with Crippen LogP contribution in [-0.2, 0) is 21.2 Å². The van der Waals surface area contributed by atoms with Gasteiger partial charge in [0, 0.05) is 6.04 Å². The summed E-state index contributed by atoms with van der Waals surface area (Å²) >= 11 is 0. The lowest BCUT2D eigenvalue weighted by Gasteiger charge is -2.25. The average molecular weight is 380 g/mol. The second kappa shape index (κ2) is 7.03. The molecule has 0 spiro atoms. The van der Waals surface area contributed by atoms with E-state index in [1.807, 2.05) is 0 Å². The number of carbonyl (C=O) groups is 1. The summed E-state index contributed by atoms with van der Waals surface area (Å²) in [5.74, 6) is -1.69. The van der Waals surface area contributed by atoms with E-state index >= 15 is 0 Å². The zero-order valence-corrected chi connectivity index (χ0v) is 14.9. The van der Waals surface area contributed by atoms with Crippen molar-refractivity contribution in [1.82, 2.24) is 0 Å². The van der Waals surface area contributed by atoms with Gasteiger partial charge in [-0.05, 0) is 42.7 Å². The Balaban J connectivity index is 1.89. The highest BCUT2D eigenvalue weighted by Gasteiger charge is 2.36. The van der Waals surface area contributed by atoms with Crippen LogP contribution in [0.4, 0.5) is 20.2 Å². The summed E-state index contributed by atoms with van der Waals surface area (Å²) in [5, 5.41) is 2.51. The first kappa shape index (κ1) is 18.3. The van der Waals surface area contributed by atoms with Gasteiger partial charge in [-0.2, -0.15) is 0 Å². The fourth-order valence-electron chi connectivity index (χ4n) is 2.76. The SMILES string of the molecule is CS(=O)(=O)N(c1ccc(F)cc1NC(=O)Cc1ccccc1F)C1CC1. The van der Waals surface area contributed by atoms with Crippen LogP contribution in [0.15, 0.2) is 42.5 Å². The largest absolute Gasteiger partial charge is 0.324 e. The van der Waals surface area contributed by atoms with Crippen LogP contribution in [0, 0.1) is 11.6 Å². The Morgan fingerprint density at radius 1 is 1.19 bits per heavy atom. The fourth-order valence-corrected chi connectivity index (χ4v) is 4.03. The van der Waals surface area contributed by atoms with Gasteiger partial charge < -0.3 is 5.32 Å². The first-order valence-corrected chi connectivity index (χ1v) is 9.93. The van der Waals surface area contributed by atoms with Crippen LogP contribution in [0.25, 0.3) is 0 Å². The van der Waals surface area contributed by atoms with Gasteiger partial charge >= 0.3 is 0 Å². The third-order valence-electron chi connectivity index (χ3n) is 4.01. The zero-order valence-electron chi connectivity index (χ0n) is 14.1. The van der Waals surface area contributed by atoms with Crippen molar-refractivity contribution in [2.45, 2.75) is 25.3 Å². The molecule has 0 aromatic heterocycles. The Bertz CT molecular complexity index is 943. The lowest BCUT2D eigenvalue weighted by Crippen LogP contribution is -2.33.